The van der Waals surface area contributed by atoms with Crippen LogP contribution in [0.3, 0.4) is 0 Å². The molecule has 2 aromatic carbocycles. The number of hydrazine groups is 1. The van der Waals surface area contributed by atoms with Gasteiger partial charge in [0.15, 0.2) is 0 Å². The zero-order valence-corrected chi connectivity index (χ0v) is 17.8. The molecule has 0 atom stereocenters. The summed E-state index contributed by atoms with van der Waals surface area (Å²) in [5.74, 6) is -1.33. The number of thioether (sulfide) groups is 1. The lowest BCUT2D eigenvalue weighted by Gasteiger charge is -2.14. The SMILES string of the molecule is CC(/C=C1\SC(=S)N(CC(=O)NNC(=O)c2ccccc2)C1=O)=C\c1ccccc1. The lowest BCUT2D eigenvalue weighted by Crippen LogP contribution is -2.47. The second-order valence-electron chi connectivity index (χ2n) is 6.44. The first-order chi connectivity index (χ1) is 14.4. The van der Waals surface area contributed by atoms with Crippen LogP contribution in [0.5, 0.6) is 0 Å². The third kappa shape index (κ3) is 5.65. The number of hydrogen-bond donors (Lipinski definition) is 2. The van der Waals surface area contributed by atoms with Gasteiger partial charge in [-0.3, -0.25) is 30.1 Å². The number of benzene rings is 2. The van der Waals surface area contributed by atoms with Gasteiger partial charge in [0.1, 0.15) is 10.9 Å². The fourth-order valence-electron chi connectivity index (χ4n) is 2.67. The molecular weight excluding hydrogens is 418 g/mol. The number of thiocarbonyl (C=S) groups is 1. The fourth-order valence-corrected chi connectivity index (χ4v) is 3.97. The zero-order valence-electron chi connectivity index (χ0n) is 16.1. The standard InChI is InChI=1S/C22H19N3O3S2/c1-15(12-16-8-4-2-5-9-16)13-18-21(28)25(22(29)30-18)14-19(26)23-24-20(27)17-10-6-3-7-11-17/h2-13H,14H2,1H3,(H,23,26)(H,24,27)/b15-12+,18-13-. The van der Waals surface area contributed by atoms with Crippen molar-refractivity contribution in [2.24, 2.45) is 0 Å². The van der Waals surface area contributed by atoms with Gasteiger partial charge in [0.25, 0.3) is 17.7 Å². The van der Waals surface area contributed by atoms with Gasteiger partial charge in [0, 0.05) is 5.56 Å². The summed E-state index contributed by atoms with van der Waals surface area (Å²) in [6.07, 6.45) is 3.71. The molecule has 0 aromatic heterocycles. The van der Waals surface area contributed by atoms with E-state index >= 15 is 0 Å². The number of nitrogens with zero attached hydrogens (tertiary/aromatic N) is 1. The average Bonchev–Trinajstić information content (AvgIpc) is 3.00. The van der Waals surface area contributed by atoms with E-state index in [0.29, 0.717) is 14.8 Å². The van der Waals surface area contributed by atoms with Crippen LogP contribution in [0.2, 0.25) is 0 Å². The second kappa shape index (κ2) is 10.00. The molecule has 1 fully saturated rings. The summed E-state index contributed by atoms with van der Waals surface area (Å²) in [7, 11) is 0. The predicted octanol–water partition coefficient (Wildman–Crippen LogP) is 3.30. The van der Waals surface area contributed by atoms with Crippen LogP contribution in [-0.2, 0) is 9.59 Å². The summed E-state index contributed by atoms with van der Waals surface area (Å²) >= 11 is 6.39. The minimum absolute atomic E-state index is 0.279. The molecule has 8 heteroatoms. The van der Waals surface area contributed by atoms with Crippen LogP contribution in [0, 0.1) is 0 Å². The van der Waals surface area contributed by atoms with Gasteiger partial charge in [-0.05, 0) is 36.3 Å². The van der Waals surface area contributed by atoms with Gasteiger partial charge in [-0.2, -0.15) is 0 Å². The van der Waals surface area contributed by atoms with E-state index in [1.165, 1.54) is 4.90 Å². The van der Waals surface area contributed by atoms with E-state index in [-0.39, 0.29) is 12.5 Å². The van der Waals surface area contributed by atoms with Crippen LogP contribution in [0.1, 0.15) is 22.8 Å². The summed E-state index contributed by atoms with van der Waals surface area (Å²) < 4.78 is 0.295. The number of carbonyl (C=O) groups excluding carboxylic acids is 3. The highest BCUT2D eigenvalue weighted by Crippen LogP contribution is 2.31. The quantitative estimate of drug-likeness (QED) is 0.426. The van der Waals surface area contributed by atoms with Crippen molar-refractivity contribution in [1.29, 1.82) is 0 Å². The maximum absolute atomic E-state index is 12.7. The van der Waals surface area contributed by atoms with Crippen molar-refractivity contribution in [3.05, 3.63) is 88.3 Å². The molecule has 1 aliphatic heterocycles. The van der Waals surface area contributed by atoms with Crippen molar-refractivity contribution in [2.75, 3.05) is 6.54 Å². The Morgan fingerprint density at radius 1 is 1.03 bits per heavy atom. The van der Waals surface area contributed by atoms with Gasteiger partial charge in [0.05, 0.1) is 4.91 Å². The summed E-state index contributed by atoms with van der Waals surface area (Å²) in [5.41, 5.74) is 6.95. The minimum Gasteiger partial charge on any atom is -0.283 e. The Labute approximate surface area is 184 Å². The van der Waals surface area contributed by atoms with Crippen molar-refractivity contribution < 1.29 is 14.4 Å². The first kappa shape index (κ1) is 21.5. The van der Waals surface area contributed by atoms with Gasteiger partial charge >= 0.3 is 0 Å². The summed E-state index contributed by atoms with van der Waals surface area (Å²) in [4.78, 5) is 38.5. The van der Waals surface area contributed by atoms with Gasteiger partial charge in [-0.1, -0.05) is 78.6 Å². The highest BCUT2D eigenvalue weighted by Gasteiger charge is 2.33. The molecule has 1 heterocycles. The first-order valence-electron chi connectivity index (χ1n) is 9.07. The molecule has 1 saturated heterocycles. The van der Waals surface area contributed by atoms with E-state index in [1.54, 1.807) is 36.4 Å². The number of amides is 3. The van der Waals surface area contributed by atoms with Crippen molar-refractivity contribution in [3.8, 4) is 0 Å². The molecule has 2 aromatic rings. The Hall–Kier alpha value is -3.23. The van der Waals surface area contributed by atoms with Gasteiger partial charge in [-0.15, -0.1) is 0 Å². The number of hydrogen-bond acceptors (Lipinski definition) is 5. The van der Waals surface area contributed by atoms with Crippen LogP contribution in [0.25, 0.3) is 6.08 Å². The first-order valence-corrected chi connectivity index (χ1v) is 10.3. The molecule has 30 heavy (non-hydrogen) atoms. The summed E-state index contributed by atoms with van der Waals surface area (Å²) in [6, 6.07) is 18.2. The molecule has 3 rings (SSSR count). The van der Waals surface area contributed by atoms with Gasteiger partial charge in [-0.25, -0.2) is 0 Å². The predicted molar refractivity (Wildman–Crippen MR) is 122 cm³/mol. The molecule has 0 unspecified atom stereocenters. The molecule has 2 N–H and O–H groups in total. The Morgan fingerprint density at radius 2 is 1.67 bits per heavy atom. The van der Waals surface area contributed by atoms with Crippen LogP contribution in [0.15, 0.2) is 77.2 Å². The van der Waals surface area contributed by atoms with E-state index < -0.39 is 11.8 Å². The number of carbonyl (C=O) groups is 3. The third-order valence-corrected chi connectivity index (χ3v) is 5.46. The topological polar surface area (TPSA) is 78.5 Å². The normalized spacial score (nSPS) is 15.4. The zero-order chi connectivity index (χ0) is 21.5. The van der Waals surface area contributed by atoms with Crippen LogP contribution in [0.4, 0.5) is 0 Å². The number of nitrogens with one attached hydrogen (secondary N) is 2. The molecule has 6 nitrogen and oxygen atoms in total. The monoisotopic (exact) mass is 437 g/mol. The van der Waals surface area contributed by atoms with Crippen LogP contribution < -0.4 is 10.9 Å². The van der Waals surface area contributed by atoms with Crippen LogP contribution in [-0.4, -0.2) is 33.5 Å². The summed E-state index contributed by atoms with van der Waals surface area (Å²) in [6.45, 7) is 1.61. The molecule has 0 bridgehead atoms. The molecule has 0 aliphatic carbocycles. The lowest BCUT2D eigenvalue weighted by molar-refractivity contribution is -0.129. The lowest BCUT2D eigenvalue weighted by atomic mass is 10.1. The number of rotatable bonds is 5. The Balaban J connectivity index is 1.58. The highest BCUT2D eigenvalue weighted by molar-refractivity contribution is 8.26. The Kier molecular flexibility index (Phi) is 7.16. The molecule has 0 spiro atoms. The maximum Gasteiger partial charge on any atom is 0.269 e. The fraction of sp³-hybridized carbons (Fsp3) is 0.0909. The van der Waals surface area contributed by atoms with E-state index in [4.69, 9.17) is 12.2 Å². The maximum atomic E-state index is 12.7. The molecule has 0 saturated carbocycles. The molecule has 0 radical (unpaired) electrons. The number of allylic oxidation sites excluding steroid dienone is 2. The van der Waals surface area contributed by atoms with E-state index in [9.17, 15) is 14.4 Å². The smallest absolute Gasteiger partial charge is 0.269 e. The van der Waals surface area contributed by atoms with Crippen molar-refractivity contribution in [3.63, 3.8) is 0 Å². The van der Waals surface area contributed by atoms with Gasteiger partial charge < -0.3 is 0 Å². The molecule has 3 amide bonds. The second-order valence-corrected chi connectivity index (χ2v) is 8.11. The van der Waals surface area contributed by atoms with Crippen molar-refractivity contribution >= 4 is 52.1 Å². The van der Waals surface area contributed by atoms with Crippen molar-refractivity contribution in [2.45, 2.75) is 6.92 Å². The third-order valence-electron chi connectivity index (χ3n) is 4.08. The molecule has 152 valence electrons. The van der Waals surface area contributed by atoms with E-state index in [1.807, 2.05) is 43.3 Å². The van der Waals surface area contributed by atoms with E-state index in [0.717, 1.165) is 22.9 Å². The average molecular weight is 438 g/mol. The Morgan fingerprint density at radius 3 is 2.33 bits per heavy atom. The largest absolute Gasteiger partial charge is 0.283 e. The summed E-state index contributed by atoms with van der Waals surface area (Å²) in [5, 5.41) is 0. The minimum atomic E-state index is -0.548. The molecule has 1 aliphatic rings. The highest BCUT2D eigenvalue weighted by atomic mass is 32.2. The molecular formula is C22H19N3O3S2. The van der Waals surface area contributed by atoms with Crippen molar-refractivity contribution in [1.82, 2.24) is 15.8 Å². The Bertz CT molecular complexity index is 1030. The van der Waals surface area contributed by atoms with Crippen LogP contribution >= 0.6 is 24.0 Å². The van der Waals surface area contributed by atoms with E-state index in [2.05, 4.69) is 10.9 Å². The van der Waals surface area contributed by atoms with Gasteiger partial charge in [0.2, 0.25) is 0 Å².